The van der Waals surface area contributed by atoms with E-state index in [2.05, 4.69) is 19.1 Å². The minimum atomic E-state index is -0.434. The lowest BCUT2D eigenvalue weighted by molar-refractivity contribution is -0.152. The van der Waals surface area contributed by atoms with E-state index < -0.39 is 5.97 Å². The number of amides is 1. The van der Waals surface area contributed by atoms with Gasteiger partial charge in [-0.05, 0) is 43.6 Å². The van der Waals surface area contributed by atoms with E-state index >= 15 is 0 Å². The van der Waals surface area contributed by atoms with Crippen molar-refractivity contribution in [2.45, 2.75) is 51.6 Å². The molecule has 1 heterocycles. The highest BCUT2D eigenvalue weighted by molar-refractivity contribution is 6.26. The number of hydrogen-bond donors (Lipinski definition) is 0. The molecule has 0 saturated carbocycles. The first-order valence-electron chi connectivity index (χ1n) is 9.85. The van der Waals surface area contributed by atoms with Gasteiger partial charge in [-0.3, -0.25) is 4.79 Å². The summed E-state index contributed by atoms with van der Waals surface area (Å²) in [6.07, 6.45) is 4.96. The number of likely N-dealkylation sites (tertiary alicyclic amines) is 1. The minimum absolute atomic E-state index is 0.172. The summed E-state index contributed by atoms with van der Waals surface area (Å²) in [5, 5.41) is 0. The van der Waals surface area contributed by atoms with Crippen LogP contribution in [0.4, 0.5) is 4.79 Å². The first-order chi connectivity index (χ1) is 13.1. The topological polar surface area (TPSA) is 55.8 Å². The number of alkyl halides is 1. The molecular weight excluding hydrogens is 366 g/mol. The molecule has 1 fully saturated rings. The molecule has 150 valence electrons. The first-order valence-corrected chi connectivity index (χ1v) is 10.4. The summed E-state index contributed by atoms with van der Waals surface area (Å²) in [5.74, 6) is -0.370. The molecule has 1 aliphatic heterocycles. The van der Waals surface area contributed by atoms with Crippen LogP contribution in [0.3, 0.4) is 0 Å². The van der Waals surface area contributed by atoms with Gasteiger partial charge in [-0.15, -0.1) is 11.6 Å². The van der Waals surface area contributed by atoms with Crippen molar-refractivity contribution in [2.24, 2.45) is 5.92 Å². The summed E-state index contributed by atoms with van der Waals surface area (Å²) < 4.78 is 10.8. The van der Waals surface area contributed by atoms with Crippen molar-refractivity contribution in [3.05, 3.63) is 35.9 Å². The van der Waals surface area contributed by atoms with Crippen LogP contribution in [0.1, 0.15) is 44.6 Å². The fourth-order valence-electron chi connectivity index (χ4n) is 3.40. The zero-order valence-corrected chi connectivity index (χ0v) is 16.8. The number of esters is 1. The van der Waals surface area contributed by atoms with Crippen LogP contribution in [0.25, 0.3) is 0 Å². The number of aryl methyl sites for hydroxylation is 1. The van der Waals surface area contributed by atoms with Crippen LogP contribution in [-0.4, -0.2) is 48.6 Å². The molecule has 1 aromatic rings. The number of unbranched alkanes of at least 4 members (excludes halogenated alkanes) is 1. The van der Waals surface area contributed by atoms with E-state index in [-0.39, 0.29) is 24.0 Å². The monoisotopic (exact) mass is 395 g/mol. The third-order valence-corrected chi connectivity index (χ3v) is 5.17. The van der Waals surface area contributed by atoms with Crippen molar-refractivity contribution in [1.29, 1.82) is 0 Å². The van der Waals surface area contributed by atoms with Crippen molar-refractivity contribution in [3.8, 4) is 0 Å². The van der Waals surface area contributed by atoms with Crippen molar-refractivity contribution in [2.75, 3.05) is 25.6 Å². The number of ether oxygens (including phenoxy) is 2. The quantitative estimate of drug-likeness (QED) is 0.353. The van der Waals surface area contributed by atoms with Crippen LogP contribution in [0.2, 0.25) is 0 Å². The van der Waals surface area contributed by atoms with E-state index in [1.54, 1.807) is 4.90 Å². The van der Waals surface area contributed by atoms with Crippen molar-refractivity contribution in [3.63, 3.8) is 0 Å². The second-order valence-electron chi connectivity index (χ2n) is 7.00. The minimum Gasteiger partial charge on any atom is -0.459 e. The summed E-state index contributed by atoms with van der Waals surface area (Å²) in [6.45, 7) is 3.49. The van der Waals surface area contributed by atoms with E-state index in [1.807, 2.05) is 18.2 Å². The molecule has 2 atom stereocenters. The fraction of sp³-hybridized carbons (Fsp3) is 0.619. The molecule has 2 rings (SSSR count). The van der Waals surface area contributed by atoms with Gasteiger partial charge in [0.1, 0.15) is 12.0 Å². The molecule has 0 unspecified atom stereocenters. The third kappa shape index (κ3) is 7.41. The predicted molar refractivity (Wildman–Crippen MR) is 106 cm³/mol. The molecule has 1 aliphatic rings. The molecule has 27 heavy (non-hydrogen) atoms. The summed E-state index contributed by atoms with van der Waals surface area (Å²) in [6, 6.07) is 10.4. The Hall–Kier alpha value is -1.75. The normalized spacial score (nSPS) is 19.6. The van der Waals surface area contributed by atoms with E-state index in [0.717, 1.165) is 38.5 Å². The maximum absolute atomic E-state index is 12.2. The number of piperidine rings is 1. The Labute approximate surface area is 167 Å². The lowest BCUT2D eigenvalue weighted by Crippen LogP contribution is -2.48. The molecule has 1 saturated heterocycles. The largest absolute Gasteiger partial charge is 0.459 e. The average molecular weight is 396 g/mol. The van der Waals surface area contributed by atoms with Crippen LogP contribution in [0.15, 0.2) is 30.3 Å². The van der Waals surface area contributed by atoms with Gasteiger partial charge in [-0.2, -0.15) is 0 Å². The number of carbonyl (C=O) groups is 2. The lowest BCUT2D eigenvalue weighted by Gasteiger charge is -2.37. The molecule has 0 aromatic heterocycles. The molecule has 0 bridgehead atoms. The molecule has 5 nitrogen and oxygen atoms in total. The van der Waals surface area contributed by atoms with E-state index in [0.29, 0.717) is 19.7 Å². The molecule has 1 aromatic carbocycles. The van der Waals surface area contributed by atoms with Gasteiger partial charge in [0, 0.05) is 6.54 Å². The van der Waals surface area contributed by atoms with E-state index in [4.69, 9.17) is 21.1 Å². The summed E-state index contributed by atoms with van der Waals surface area (Å²) >= 11 is 5.61. The Bertz CT molecular complexity index is 581. The van der Waals surface area contributed by atoms with Crippen LogP contribution in [0, 0.1) is 5.92 Å². The summed E-state index contributed by atoms with van der Waals surface area (Å²) in [4.78, 5) is 25.6. The number of nitrogens with zero attached hydrogens (tertiary/aromatic N) is 1. The maximum Gasteiger partial charge on any atom is 0.409 e. The highest BCUT2D eigenvalue weighted by Gasteiger charge is 2.34. The standard InChI is InChI=1S/C21H30ClNO4/c1-2-3-14-26-21(25)23-13-12-18(19(16-23)27-20(24)15-22)11-7-10-17-8-5-4-6-9-17/h4-6,8-9,18-19H,2-3,7,10-16H2,1H3/t18-,19+/m0/s1. The maximum atomic E-state index is 12.2. The van der Waals surface area contributed by atoms with Gasteiger partial charge in [0.15, 0.2) is 0 Å². The number of rotatable bonds is 9. The van der Waals surface area contributed by atoms with Gasteiger partial charge in [-0.1, -0.05) is 43.7 Å². The Morgan fingerprint density at radius 2 is 2.00 bits per heavy atom. The highest BCUT2D eigenvalue weighted by Crippen LogP contribution is 2.26. The molecule has 0 N–H and O–H groups in total. The van der Waals surface area contributed by atoms with Gasteiger partial charge >= 0.3 is 12.1 Å². The van der Waals surface area contributed by atoms with Gasteiger partial charge < -0.3 is 14.4 Å². The van der Waals surface area contributed by atoms with Crippen LogP contribution in [-0.2, 0) is 20.7 Å². The Morgan fingerprint density at radius 3 is 2.70 bits per heavy atom. The van der Waals surface area contributed by atoms with Gasteiger partial charge in [0.25, 0.3) is 0 Å². The van der Waals surface area contributed by atoms with E-state index in [1.165, 1.54) is 5.56 Å². The SMILES string of the molecule is CCCCOC(=O)N1CC[C@H](CCCc2ccccc2)[C@H](OC(=O)CCl)C1. The molecular formula is C21H30ClNO4. The average Bonchev–Trinajstić information content (AvgIpc) is 2.69. The molecule has 0 spiro atoms. The predicted octanol–water partition coefficient (Wildman–Crippen LogP) is 4.42. The molecule has 0 aliphatic carbocycles. The number of benzene rings is 1. The van der Waals surface area contributed by atoms with Gasteiger partial charge in [0.05, 0.1) is 13.2 Å². The fourth-order valence-corrected chi connectivity index (χ4v) is 3.47. The van der Waals surface area contributed by atoms with Crippen molar-refractivity contribution in [1.82, 2.24) is 4.90 Å². The molecule has 0 radical (unpaired) electrons. The Morgan fingerprint density at radius 1 is 1.22 bits per heavy atom. The van der Waals surface area contributed by atoms with Crippen molar-refractivity contribution >= 4 is 23.7 Å². The smallest absolute Gasteiger partial charge is 0.409 e. The molecule has 1 amide bonds. The van der Waals surface area contributed by atoms with Crippen molar-refractivity contribution < 1.29 is 19.1 Å². The summed E-state index contributed by atoms with van der Waals surface area (Å²) in [5.41, 5.74) is 1.31. The zero-order valence-electron chi connectivity index (χ0n) is 16.1. The zero-order chi connectivity index (χ0) is 19.5. The van der Waals surface area contributed by atoms with Crippen LogP contribution in [0.5, 0.6) is 0 Å². The van der Waals surface area contributed by atoms with Gasteiger partial charge in [0.2, 0.25) is 0 Å². The second-order valence-corrected chi connectivity index (χ2v) is 7.27. The lowest BCUT2D eigenvalue weighted by atomic mass is 9.88. The number of halogens is 1. The highest BCUT2D eigenvalue weighted by atomic mass is 35.5. The summed E-state index contributed by atoms with van der Waals surface area (Å²) in [7, 11) is 0. The number of carbonyl (C=O) groups excluding carboxylic acids is 2. The number of hydrogen-bond acceptors (Lipinski definition) is 4. The van der Waals surface area contributed by atoms with E-state index in [9.17, 15) is 9.59 Å². The Balaban J connectivity index is 1.87. The first kappa shape index (κ1) is 21.5. The Kier molecular flexibility index (Phi) is 9.46. The second kappa shape index (κ2) is 11.9. The van der Waals surface area contributed by atoms with Crippen LogP contribution < -0.4 is 0 Å². The van der Waals surface area contributed by atoms with Crippen LogP contribution >= 0.6 is 11.6 Å². The van der Waals surface area contributed by atoms with Gasteiger partial charge in [-0.25, -0.2) is 4.79 Å². The third-order valence-electron chi connectivity index (χ3n) is 4.95. The molecule has 6 heteroatoms.